The van der Waals surface area contributed by atoms with E-state index in [1.807, 2.05) is 19.1 Å². The number of nitrogens with zero attached hydrogens (tertiary/aromatic N) is 2. The molecule has 0 saturated heterocycles. The van der Waals surface area contributed by atoms with Crippen LogP contribution in [0.5, 0.6) is 0 Å². The van der Waals surface area contributed by atoms with Crippen molar-refractivity contribution >= 4 is 57.0 Å². The summed E-state index contributed by atoms with van der Waals surface area (Å²) in [5.41, 5.74) is -0.274. The number of benzene rings is 1. The lowest BCUT2D eigenvalue weighted by molar-refractivity contribution is -0.385. The highest BCUT2D eigenvalue weighted by Gasteiger charge is 2.17. The van der Waals surface area contributed by atoms with E-state index in [-0.39, 0.29) is 41.1 Å². The van der Waals surface area contributed by atoms with Crippen LogP contribution in [0.3, 0.4) is 0 Å². The highest BCUT2D eigenvalue weighted by atomic mass is 127. The Bertz CT molecular complexity index is 931. The molecule has 0 unspecified atom stereocenters. The number of aliphatic imine (C=N–C) groups is 1. The van der Waals surface area contributed by atoms with Gasteiger partial charge < -0.3 is 10.6 Å². The second kappa shape index (κ2) is 11.3. The number of thiophene rings is 1. The Hall–Kier alpha value is -1.77. The van der Waals surface area contributed by atoms with Gasteiger partial charge in [0.25, 0.3) is 5.69 Å². The van der Waals surface area contributed by atoms with Crippen LogP contribution in [-0.2, 0) is 16.6 Å². The van der Waals surface area contributed by atoms with Crippen molar-refractivity contribution in [2.75, 3.05) is 20.1 Å². The van der Waals surface area contributed by atoms with Crippen LogP contribution in [0.15, 0.2) is 46.3 Å². The standard InChI is InChI=1S/C16H21N5O4S2.HI/c1-12-6-7-14(26-12)11-19-16(17-2)18-8-9-20-27(24,25)15-5-3-4-13(10-15)21(22)23;/h3-7,10,20H,8-9,11H2,1-2H3,(H2,17,18,19);1H. The van der Waals surface area contributed by atoms with E-state index in [0.717, 1.165) is 6.07 Å². The first-order valence-electron chi connectivity index (χ1n) is 8.06. The van der Waals surface area contributed by atoms with Gasteiger partial charge in [0.1, 0.15) is 0 Å². The van der Waals surface area contributed by atoms with Crippen LogP contribution in [0.1, 0.15) is 9.75 Å². The molecule has 2 rings (SSSR count). The number of non-ortho nitro benzene ring substituents is 1. The molecule has 3 N–H and O–H groups in total. The number of nitro groups is 1. The van der Waals surface area contributed by atoms with Crippen LogP contribution in [0.4, 0.5) is 5.69 Å². The van der Waals surface area contributed by atoms with Gasteiger partial charge in [0, 0.05) is 42.0 Å². The minimum absolute atomic E-state index is 0. The Kier molecular flexibility index (Phi) is 9.78. The molecule has 0 bridgehead atoms. The monoisotopic (exact) mass is 539 g/mol. The van der Waals surface area contributed by atoms with E-state index in [9.17, 15) is 18.5 Å². The van der Waals surface area contributed by atoms with Gasteiger partial charge in [-0.3, -0.25) is 15.1 Å². The summed E-state index contributed by atoms with van der Waals surface area (Å²) in [6.07, 6.45) is 0. The maximum Gasteiger partial charge on any atom is 0.270 e. The molecular formula is C16H22IN5O4S2. The third-order valence-corrected chi connectivity index (χ3v) is 5.96. The number of aryl methyl sites for hydroxylation is 1. The molecule has 154 valence electrons. The van der Waals surface area contributed by atoms with Crippen molar-refractivity contribution < 1.29 is 13.3 Å². The lowest BCUT2D eigenvalue weighted by atomic mass is 10.3. The van der Waals surface area contributed by atoms with Crippen molar-refractivity contribution in [2.24, 2.45) is 4.99 Å². The minimum Gasteiger partial charge on any atom is -0.355 e. The second-order valence-electron chi connectivity index (χ2n) is 5.52. The van der Waals surface area contributed by atoms with E-state index in [1.165, 1.54) is 28.0 Å². The van der Waals surface area contributed by atoms with Crippen molar-refractivity contribution in [1.82, 2.24) is 15.4 Å². The SMILES string of the molecule is CN=C(NCCNS(=O)(=O)c1cccc([N+](=O)[O-])c1)NCc1ccc(C)s1.I. The maximum absolute atomic E-state index is 12.2. The normalized spacial score (nSPS) is 11.6. The van der Waals surface area contributed by atoms with Gasteiger partial charge in [0.15, 0.2) is 5.96 Å². The summed E-state index contributed by atoms with van der Waals surface area (Å²) in [5.74, 6) is 0.551. The molecule has 0 aliphatic carbocycles. The van der Waals surface area contributed by atoms with E-state index >= 15 is 0 Å². The lowest BCUT2D eigenvalue weighted by Gasteiger charge is -2.12. The molecule has 0 atom stereocenters. The second-order valence-corrected chi connectivity index (χ2v) is 8.66. The predicted molar refractivity (Wildman–Crippen MR) is 121 cm³/mol. The summed E-state index contributed by atoms with van der Waals surface area (Å²) in [6, 6.07) is 8.99. The first-order valence-corrected chi connectivity index (χ1v) is 10.4. The smallest absolute Gasteiger partial charge is 0.270 e. The molecule has 0 saturated carbocycles. The van der Waals surface area contributed by atoms with Gasteiger partial charge >= 0.3 is 0 Å². The zero-order valence-corrected chi connectivity index (χ0v) is 19.3. The first-order chi connectivity index (χ1) is 12.8. The number of halogens is 1. The molecule has 12 heteroatoms. The van der Waals surface area contributed by atoms with Crippen LogP contribution in [0.25, 0.3) is 0 Å². The van der Waals surface area contributed by atoms with Gasteiger partial charge in [0.2, 0.25) is 10.0 Å². The molecule has 1 aromatic carbocycles. The van der Waals surface area contributed by atoms with E-state index in [2.05, 4.69) is 20.3 Å². The van der Waals surface area contributed by atoms with Crippen molar-refractivity contribution in [3.05, 3.63) is 56.3 Å². The number of guanidine groups is 1. The Labute approximate surface area is 184 Å². The zero-order valence-electron chi connectivity index (χ0n) is 15.3. The highest BCUT2D eigenvalue weighted by molar-refractivity contribution is 14.0. The number of rotatable bonds is 8. The number of nitro benzene ring substituents is 1. The fraction of sp³-hybridized carbons (Fsp3) is 0.312. The topological polar surface area (TPSA) is 126 Å². The average Bonchev–Trinajstić information content (AvgIpc) is 3.06. The van der Waals surface area contributed by atoms with E-state index < -0.39 is 14.9 Å². The van der Waals surface area contributed by atoms with Crippen molar-refractivity contribution in [1.29, 1.82) is 0 Å². The zero-order chi connectivity index (χ0) is 19.9. The fourth-order valence-corrected chi connectivity index (χ4v) is 4.09. The molecular weight excluding hydrogens is 517 g/mol. The molecule has 28 heavy (non-hydrogen) atoms. The molecule has 0 aliphatic heterocycles. The molecule has 9 nitrogen and oxygen atoms in total. The summed E-state index contributed by atoms with van der Waals surface area (Å²) in [5, 5.41) is 16.9. The Morgan fingerprint density at radius 2 is 1.96 bits per heavy atom. The Morgan fingerprint density at radius 3 is 2.57 bits per heavy atom. The quantitative estimate of drug-likeness (QED) is 0.118. The summed E-state index contributed by atoms with van der Waals surface area (Å²) in [4.78, 5) is 16.5. The molecule has 0 spiro atoms. The fourth-order valence-electron chi connectivity index (χ4n) is 2.19. The van der Waals surface area contributed by atoms with Crippen molar-refractivity contribution in [3.63, 3.8) is 0 Å². The summed E-state index contributed by atoms with van der Waals surface area (Å²) < 4.78 is 26.9. The van der Waals surface area contributed by atoms with Crippen molar-refractivity contribution in [3.8, 4) is 0 Å². The first kappa shape index (κ1) is 24.3. The van der Waals surface area contributed by atoms with E-state index in [4.69, 9.17) is 0 Å². The largest absolute Gasteiger partial charge is 0.355 e. The average molecular weight is 539 g/mol. The Balaban J connectivity index is 0.00000392. The predicted octanol–water partition coefficient (Wildman–Crippen LogP) is 2.23. The Morgan fingerprint density at radius 1 is 1.21 bits per heavy atom. The van der Waals surface area contributed by atoms with Crippen LogP contribution in [0.2, 0.25) is 0 Å². The lowest BCUT2D eigenvalue weighted by Crippen LogP contribution is -2.41. The molecule has 0 radical (unpaired) electrons. The van der Waals surface area contributed by atoms with Crippen LogP contribution < -0.4 is 15.4 Å². The van der Waals surface area contributed by atoms with Gasteiger partial charge in [-0.15, -0.1) is 35.3 Å². The van der Waals surface area contributed by atoms with Gasteiger partial charge in [-0.05, 0) is 25.1 Å². The van der Waals surface area contributed by atoms with Gasteiger partial charge in [-0.25, -0.2) is 13.1 Å². The van der Waals surface area contributed by atoms with Crippen molar-refractivity contribution in [2.45, 2.75) is 18.4 Å². The molecule has 1 heterocycles. The molecule has 0 amide bonds. The molecule has 2 aromatic rings. The minimum atomic E-state index is -3.83. The molecule has 0 fully saturated rings. The van der Waals surface area contributed by atoms with Crippen LogP contribution in [0, 0.1) is 17.0 Å². The highest BCUT2D eigenvalue weighted by Crippen LogP contribution is 2.17. The number of sulfonamides is 1. The summed E-state index contributed by atoms with van der Waals surface area (Å²) in [6.45, 7) is 3.06. The third kappa shape index (κ3) is 7.33. The number of nitrogens with one attached hydrogen (secondary N) is 3. The van der Waals surface area contributed by atoms with Gasteiger partial charge in [0.05, 0.1) is 16.4 Å². The van der Waals surface area contributed by atoms with Crippen LogP contribution in [-0.4, -0.2) is 39.4 Å². The molecule has 1 aromatic heterocycles. The number of hydrogen-bond acceptors (Lipinski definition) is 6. The summed E-state index contributed by atoms with van der Waals surface area (Å²) >= 11 is 1.69. The van der Waals surface area contributed by atoms with Gasteiger partial charge in [-0.1, -0.05) is 6.07 Å². The number of hydrogen-bond donors (Lipinski definition) is 3. The molecule has 0 aliphatic rings. The van der Waals surface area contributed by atoms with E-state index in [0.29, 0.717) is 19.0 Å². The maximum atomic E-state index is 12.2. The third-order valence-electron chi connectivity index (χ3n) is 3.50. The van der Waals surface area contributed by atoms with Gasteiger partial charge in [-0.2, -0.15) is 0 Å². The van der Waals surface area contributed by atoms with E-state index in [1.54, 1.807) is 18.4 Å². The summed E-state index contributed by atoms with van der Waals surface area (Å²) in [7, 11) is -2.20. The van der Waals surface area contributed by atoms with Crippen LogP contribution >= 0.6 is 35.3 Å².